The summed E-state index contributed by atoms with van der Waals surface area (Å²) in [5, 5.41) is 7.21. The number of amides is 1. The van der Waals surface area contributed by atoms with E-state index in [2.05, 4.69) is 29.2 Å². The monoisotopic (exact) mass is 350 g/mol. The van der Waals surface area contributed by atoms with Crippen LogP contribution in [0.15, 0.2) is 61.2 Å². The summed E-state index contributed by atoms with van der Waals surface area (Å²) in [6, 6.07) is 15.0. The molecule has 0 spiro atoms. The maximum atomic E-state index is 12.7. The highest BCUT2D eigenvalue weighted by molar-refractivity contribution is 5.94. The lowest BCUT2D eigenvalue weighted by Gasteiger charge is -2.23. The highest BCUT2D eigenvalue weighted by atomic mass is 16.5. The minimum Gasteiger partial charge on any atom is -0.497 e. The Labute approximate surface area is 152 Å². The van der Waals surface area contributed by atoms with Crippen LogP contribution in [0.2, 0.25) is 0 Å². The average molecular weight is 350 g/mol. The fourth-order valence-corrected chi connectivity index (χ4v) is 2.78. The number of rotatable bonds is 6. The molecule has 0 fully saturated rings. The van der Waals surface area contributed by atoms with E-state index < -0.39 is 0 Å². The van der Waals surface area contributed by atoms with Crippen molar-refractivity contribution in [3.05, 3.63) is 72.3 Å². The second kappa shape index (κ2) is 7.82. The minimum absolute atomic E-state index is 0.0802. The standard InChI is InChI=1S/C20H22N4O2/c1-14(2)19(15-6-10-18(26-3)11-7-15)23-20(25)16-4-8-17(9-5-16)24-13-21-12-22-24/h4-14,19H,1-3H3,(H,23,25). The van der Waals surface area contributed by atoms with Gasteiger partial charge in [-0.3, -0.25) is 4.79 Å². The first-order chi connectivity index (χ1) is 12.6. The maximum absolute atomic E-state index is 12.7. The van der Waals surface area contributed by atoms with E-state index in [0.29, 0.717) is 5.56 Å². The first kappa shape index (κ1) is 17.7. The number of hydrogen-bond donors (Lipinski definition) is 1. The second-order valence-corrected chi connectivity index (χ2v) is 6.36. The van der Waals surface area contributed by atoms with Crippen molar-refractivity contribution in [1.29, 1.82) is 0 Å². The van der Waals surface area contributed by atoms with Crippen LogP contribution in [0.25, 0.3) is 5.69 Å². The first-order valence-corrected chi connectivity index (χ1v) is 8.48. The third-order valence-electron chi connectivity index (χ3n) is 4.24. The summed E-state index contributed by atoms with van der Waals surface area (Å²) in [4.78, 5) is 16.6. The summed E-state index contributed by atoms with van der Waals surface area (Å²) in [6.07, 6.45) is 3.09. The van der Waals surface area contributed by atoms with Crippen molar-refractivity contribution >= 4 is 5.91 Å². The molecule has 0 radical (unpaired) electrons. The molecule has 1 atom stereocenters. The summed E-state index contributed by atoms with van der Waals surface area (Å²) in [5.74, 6) is 0.942. The Morgan fingerprint density at radius 3 is 2.31 bits per heavy atom. The van der Waals surface area contributed by atoms with Gasteiger partial charge in [0.2, 0.25) is 0 Å². The Kier molecular flexibility index (Phi) is 5.31. The molecule has 0 saturated heterocycles. The molecule has 0 aliphatic heterocycles. The van der Waals surface area contributed by atoms with Crippen molar-refractivity contribution < 1.29 is 9.53 Å². The van der Waals surface area contributed by atoms with Gasteiger partial charge in [0.15, 0.2) is 0 Å². The lowest BCUT2D eigenvalue weighted by Crippen LogP contribution is -2.31. The highest BCUT2D eigenvalue weighted by Gasteiger charge is 2.19. The number of hydrogen-bond acceptors (Lipinski definition) is 4. The number of nitrogens with one attached hydrogen (secondary N) is 1. The molecule has 0 saturated carbocycles. The maximum Gasteiger partial charge on any atom is 0.251 e. The molecular formula is C20H22N4O2. The van der Waals surface area contributed by atoms with E-state index >= 15 is 0 Å². The van der Waals surface area contributed by atoms with E-state index in [-0.39, 0.29) is 17.9 Å². The van der Waals surface area contributed by atoms with Crippen molar-refractivity contribution in [3.8, 4) is 11.4 Å². The van der Waals surface area contributed by atoms with Crippen LogP contribution in [0.5, 0.6) is 5.75 Å². The van der Waals surface area contributed by atoms with E-state index in [1.807, 2.05) is 36.4 Å². The van der Waals surface area contributed by atoms with Crippen molar-refractivity contribution in [2.24, 2.45) is 5.92 Å². The lowest BCUT2D eigenvalue weighted by molar-refractivity contribution is 0.0925. The third-order valence-corrected chi connectivity index (χ3v) is 4.24. The Bertz CT molecular complexity index is 841. The SMILES string of the molecule is COc1ccc(C(NC(=O)c2ccc(-n3cncn3)cc2)C(C)C)cc1. The predicted molar refractivity (Wildman–Crippen MR) is 99.4 cm³/mol. The molecule has 1 amide bonds. The molecular weight excluding hydrogens is 328 g/mol. The van der Waals surface area contributed by atoms with Gasteiger partial charge in [-0.1, -0.05) is 26.0 Å². The van der Waals surface area contributed by atoms with Gasteiger partial charge in [0.1, 0.15) is 18.4 Å². The van der Waals surface area contributed by atoms with Gasteiger partial charge in [-0.2, -0.15) is 5.10 Å². The van der Waals surface area contributed by atoms with Crippen molar-refractivity contribution in [2.75, 3.05) is 7.11 Å². The molecule has 1 N–H and O–H groups in total. The smallest absolute Gasteiger partial charge is 0.251 e. The van der Waals surface area contributed by atoms with Crippen LogP contribution in [-0.4, -0.2) is 27.8 Å². The van der Waals surface area contributed by atoms with Gasteiger partial charge >= 0.3 is 0 Å². The highest BCUT2D eigenvalue weighted by Crippen LogP contribution is 2.24. The van der Waals surface area contributed by atoms with Crippen LogP contribution in [0.4, 0.5) is 0 Å². The van der Waals surface area contributed by atoms with Crippen LogP contribution in [0.3, 0.4) is 0 Å². The number of nitrogens with zero attached hydrogens (tertiary/aromatic N) is 3. The number of benzene rings is 2. The number of carbonyl (C=O) groups is 1. The van der Waals surface area contributed by atoms with Crippen LogP contribution in [0.1, 0.15) is 35.8 Å². The average Bonchev–Trinajstić information content (AvgIpc) is 3.21. The summed E-state index contributed by atoms with van der Waals surface area (Å²) >= 11 is 0. The number of ether oxygens (including phenoxy) is 1. The van der Waals surface area contributed by atoms with Gasteiger partial charge in [-0.15, -0.1) is 0 Å². The molecule has 134 valence electrons. The normalized spacial score (nSPS) is 12.0. The van der Waals surface area contributed by atoms with E-state index in [4.69, 9.17) is 4.74 Å². The van der Waals surface area contributed by atoms with Gasteiger partial charge in [0.25, 0.3) is 5.91 Å². The molecule has 2 aromatic carbocycles. The lowest BCUT2D eigenvalue weighted by atomic mass is 9.95. The van der Waals surface area contributed by atoms with Gasteiger partial charge in [0.05, 0.1) is 18.8 Å². The molecule has 0 aliphatic rings. The Morgan fingerprint density at radius 1 is 1.08 bits per heavy atom. The first-order valence-electron chi connectivity index (χ1n) is 8.48. The zero-order valence-corrected chi connectivity index (χ0v) is 15.1. The van der Waals surface area contributed by atoms with E-state index in [1.165, 1.54) is 6.33 Å². The Balaban J connectivity index is 1.75. The molecule has 1 aromatic heterocycles. The van der Waals surface area contributed by atoms with Gasteiger partial charge in [-0.05, 0) is 47.9 Å². The quantitative estimate of drug-likeness (QED) is 0.740. The zero-order valence-electron chi connectivity index (χ0n) is 15.1. The van der Waals surface area contributed by atoms with Gasteiger partial charge < -0.3 is 10.1 Å². The summed E-state index contributed by atoms with van der Waals surface area (Å²) in [6.45, 7) is 4.17. The summed E-state index contributed by atoms with van der Waals surface area (Å²) in [5.41, 5.74) is 2.51. The van der Waals surface area contributed by atoms with Crippen molar-refractivity contribution in [2.45, 2.75) is 19.9 Å². The number of aromatic nitrogens is 3. The topological polar surface area (TPSA) is 69.0 Å². The van der Waals surface area contributed by atoms with Crippen molar-refractivity contribution in [1.82, 2.24) is 20.1 Å². The van der Waals surface area contributed by atoms with Crippen LogP contribution in [-0.2, 0) is 0 Å². The van der Waals surface area contributed by atoms with Crippen LogP contribution < -0.4 is 10.1 Å². The second-order valence-electron chi connectivity index (χ2n) is 6.36. The predicted octanol–water partition coefficient (Wildman–Crippen LogP) is 3.40. The molecule has 3 aromatic rings. The van der Waals surface area contributed by atoms with Crippen LogP contribution in [0, 0.1) is 5.92 Å². The fraction of sp³-hybridized carbons (Fsp3) is 0.250. The van der Waals surface area contributed by atoms with Crippen molar-refractivity contribution in [3.63, 3.8) is 0 Å². The molecule has 3 rings (SSSR count). The molecule has 0 aliphatic carbocycles. The van der Waals surface area contributed by atoms with Crippen LogP contribution >= 0.6 is 0 Å². The number of carbonyl (C=O) groups excluding carboxylic acids is 1. The fourth-order valence-electron chi connectivity index (χ4n) is 2.78. The molecule has 6 nitrogen and oxygen atoms in total. The van der Waals surface area contributed by atoms with Gasteiger partial charge in [-0.25, -0.2) is 9.67 Å². The molecule has 1 heterocycles. The Morgan fingerprint density at radius 2 is 1.77 bits per heavy atom. The molecule has 6 heteroatoms. The summed E-state index contributed by atoms with van der Waals surface area (Å²) in [7, 11) is 1.64. The van der Waals surface area contributed by atoms with E-state index in [1.54, 1.807) is 30.3 Å². The molecule has 26 heavy (non-hydrogen) atoms. The van der Waals surface area contributed by atoms with Gasteiger partial charge in [0, 0.05) is 5.56 Å². The largest absolute Gasteiger partial charge is 0.497 e. The zero-order chi connectivity index (χ0) is 18.5. The van der Waals surface area contributed by atoms with E-state index in [9.17, 15) is 4.79 Å². The van der Waals surface area contributed by atoms with E-state index in [0.717, 1.165) is 17.0 Å². The Hall–Kier alpha value is -3.15. The number of methoxy groups -OCH3 is 1. The minimum atomic E-state index is -0.107. The molecule has 0 bridgehead atoms. The third kappa shape index (κ3) is 3.91. The summed E-state index contributed by atoms with van der Waals surface area (Å²) < 4.78 is 6.85. The molecule has 1 unspecified atom stereocenters.